The van der Waals surface area contributed by atoms with Gasteiger partial charge in [0, 0.05) is 35.8 Å². The largest absolute Gasteiger partial charge is 0.481 e. The van der Waals surface area contributed by atoms with Gasteiger partial charge in [-0.2, -0.15) is 5.10 Å². The number of carbonyl (C=O) groups is 2. The van der Waals surface area contributed by atoms with Crippen molar-refractivity contribution in [3.05, 3.63) is 64.8 Å². The SMILES string of the molecule is Cc1nn(CCCNC(=O)CC(CC(=O)O)c2ccc(Cl)cc2)c2ccccc12. The van der Waals surface area contributed by atoms with Crippen molar-refractivity contribution >= 4 is 34.4 Å². The molecule has 0 saturated carbocycles. The average Bonchev–Trinajstić information content (AvgIpc) is 3.01. The van der Waals surface area contributed by atoms with Crippen LogP contribution in [0.25, 0.3) is 10.9 Å². The quantitative estimate of drug-likeness (QED) is 0.516. The lowest BCUT2D eigenvalue weighted by molar-refractivity contribution is -0.137. The molecule has 1 aromatic heterocycles. The first kappa shape index (κ1) is 20.9. The summed E-state index contributed by atoms with van der Waals surface area (Å²) in [6, 6.07) is 15.0. The van der Waals surface area contributed by atoms with Crippen LogP contribution in [0.1, 0.15) is 36.4 Å². The number of carbonyl (C=O) groups excluding carboxylic acids is 1. The van der Waals surface area contributed by atoms with Gasteiger partial charge in [-0.1, -0.05) is 41.9 Å². The molecular weight excluding hydrogens is 390 g/mol. The number of aromatic nitrogens is 2. The van der Waals surface area contributed by atoms with E-state index >= 15 is 0 Å². The number of aliphatic carboxylic acids is 1. The standard InChI is InChI=1S/C22H24ClN3O3/c1-15-19-5-2-3-6-20(19)26(25-15)12-4-11-24-21(27)13-17(14-22(28)29)16-7-9-18(23)10-8-16/h2-3,5-10,17H,4,11-14H2,1H3,(H,24,27)(H,28,29). The van der Waals surface area contributed by atoms with Gasteiger partial charge in [0.2, 0.25) is 5.91 Å². The molecule has 0 fully saturated rings. The van der Waals surface area contributed by atoms with Crippen molar-refractivity contribution in [1.82, 2.24) is 15.1 Å². The van der Waals surface area contributed by atoms with Crippen LogP contribution in [-0.4, -0.2) is 33.3 Å². The number of nitrogens with zero attached hydrogens (tertiary/aromatic N) is 2. The zero-order valence-corrected chi connectivity index (χ0v) is 17.0. The first-order valence-electron chi connectivity index (χ1n) is 9.60. The summed E-state index contributed by atoms with van der Waals surface area (Å²) in [5.74, 6) is -1.48. The van der Waals surface area contributed by atoms with Gasteiger partial charge in [-0.25, -0.2) is 0 Å². The Hall–Kier alpha value is -2.86. The third-order valence-corrected chi connectivity index (χ3v) is 5.16. The minimum absolute atomic E-state index is 0.104. The Balaban J connectivity index is 1.52. The molecule has 29 heavy (non-hydrogen) atoms. The van der Waals surface area contributed by atoms with Gasteiger partial charge in [0.25, 0.3) is 0 Å². The smallest absolute Gasteiger partial charge is 0.303 e. The van der Waals surface area contributed by atoms with Crippen molar-refractivity contribution in [2.75, 3.05) is 6.54 Å². The Morgan fingerprint density at radius 3 is 2.59 bits per heavy atom. The number of rotatable bonds is 9. The Labute approximate surface area is 174 Å². The summed E-state index contributed by atoms with van der Waals surface area (Å²) >= 11 is 5.90. The molecular formula is C22H24ClN3O3. The lowest BCUT2D eigenvalue weighted by Crippen LogP contribution is -2.27. The molecule has 0 bridgehead atoms. The molecule has 0 aliphatic heterocycles. The van der Waals surface area contributed by atoms with Crippen molar-refractivity contribution in [2.24, 2.45) is 0 Å². The van der Waals surface area contributed by atoms with E-state index in [1.54, 1.807) is 24.3 Å². The fourth-order valence-corrected chi connectivity index (χ4v) is 3.60. The maximum absolute atomic E-state index is 12.4. The topological polar surface area (TPSA) is 84.2 Å². The second-order valence-electron chi connectivity index (χ2n) is 7.08. The van der Waals surface area contributed by atoms with Crippen LogP contribution < -0.4 is 5.32 Å². The molecule has 1 unspecified atom stereocenters. The summed E-state index contributed by atoms with van der Waals surface area (Å²) in [5, 5.41) is 18.3. The molecule has 0 aliphatic rings. The molecule has 7 heteroatoms. The normalized spacial score (nSPS) is 12.1. The highest BCUT2D eigenvalue weighted by Gasteiger charge is 2.19. The average molecular weight is 414 g/mol. The molecule has 3 rings (SSSR count). The summed E-state index contributed by atoms with van der Waals surface area (Å²) in [6.45, 7) is 3.19. The molecule has 0 aliphatic carbocycles. The van der Waals surface area contributed by atoms with Crippen LogP contribution in [0.3, 0.4) is 0 Å². The number of carboxylic acids is 1. The first-order valence-corrected chi connectivity index (χ1v) is 9.98. The highest BCUT2D eigenvalue weighted by atomic mass is 35.5. The van der Waals surface area contributed by atoms with Gasteiger partial charge in [-0.15, -0.1) is 0 Å². The number of hydrogen-bond donors (Lipinski definition) is 2. The molecule has 6 nitrogen and oxygen atoms in total. The second-order valence-corrected chi connectivity index (χ2v) is 7.52. The van der Waals surface area contributed by atoms with Crippen LogP contribution in [-0.2, 0) is 16.1 Å². The maximum Gasteiger partial charge on any atom is 0.303 e. The van der Waals surface area contributed by atoms with Gasteiger partial charge in [0.05, 0.1) is 17.6 Å². The van der Waals surface area contributed by atoms with E-state index < -0.39 is 5.97 Å². The molecule has 152 valence electrons. The third-order valence-electron chi connectivity index (χ3n) is 4.91. The fourth-order valence-electron chi connectivity index (χ4n) is 3.47. The number of nitrogens with one attached hydrogen (secondary N) is 1. The number of carboxylic acid groups (broad SMARTS) is 1. The molecule has 0 spiro atoms. The molecule has 1 heterocycles. The maximum atomic E-state index is 12.4. The van der Waals surface area contributed by atoms with Crippen LogP contribution >= 0.6 is 11.6 Å². The van der Waals surface area contributed by atoms with Gasteiger partial charge in [0.15, 0.2) is 0 Å². The monoisotopic (exact) mass is 413 g/mol. The van der Waals surface area contributed by atoms with Crippen LogP contribution in [0, 0.1) is 6.92 Å². The van der Waals surface area contributed by atoms with Crippen LogP contribution in [0.5, 0.6) is 0 Å². The van der Waals surface area contributed by atoms with E-state index in [-0.39, 0.29) is 24.7 Å². The summed E-state index contributed by atoms with van der Waals surface area (Å²) in [5.41, 5.74) is 2.87. The first-order chi connectivity index (χ1) is 13.9. The Kier molecular flexibility index (Phi) is 6.88. The molecule has 0 radical (unpaired) electrons. The zero-order valence-electron chi connectivity index (χ0n) is 16.3. The molecule has 2 N–H and O–H groups in total. The van der Waals surface area contributed by atoms with E-state index in [0.717, 1.165) is 28.6 Å². The van der Waals surface area contributed by atoms with E-state index in [1.807, 2.05) is 29.8 Å². The molecule has 1 amide bonds. The minimum atomic E-state index is -0.932. The Morgan fingerprint density at radius 1 is 1.14 bits per heavy atom. The van der Waals surface area contributed by atoms with Crippen molar-refractivity contribution in [3.8, 4) is 0 Å². The van der Waals surface area contributed by atoms with Crippen LogP contribution in [0.4, 0.5) is 0 Å². The predicted octanol–water partition coefficient (Wildman–Crippen LogP) is 4.15. The molecule has 3 aromatic rings. The van der Waals surface area contributed by atoms with Gasteiger partial charge in [-0.3, -0.25) is 14.3 Å². The second kappa shape index (κ2) is 9.56. The zero-order chi connectivity index (χ0) is 20.8. The van der Waals surface area contributed by atoms with Gasteiger partial charge in [-0.05, 0) is 37.1 Å². The number of aryl methyl sites for hydroxylation is 2. The summed E-state index contributed by atoms with van der Waals surface area (Å²) in [6.07, 6.45) is 0.757. The highest BCUT2D eigenvalue weighted by Crippen LogP contribution is 2.25. The molecule has 1 atom stereocenters. The van der Waals surface area contributed by atoms with Crippen LogP contribution in [0.2, 0.25) is 5.02 Å². The van der Waals surface area contributed by atoms with Crippen molar-refractivity contribution in [2.45, 2.75) is 38.6 Å². The number of halogens is 1. The molecule has 2 aromatic carbocycles. The van der Waals surface area contributed by atoms with Crippen LogP contribution in [0.15, 0.2) is 48.5 Å². The van der Waals surface area contributed by atoms with E-state index in [9.17, 15) is 14.7 Å². The minimum Gasteiger partial charge on any atom is -0.481 e. The number of amides is 1. The van der Waals surface area contributed by atoms with E-state index in [1.165, 1.54) is 0 Å². The number of hydrogen-bond acceptors (Lipinski definition) is 3. The summed E-state index contributed by atoms with van der Waals surface area (Å²) < 4.78 is 1.96. The lowest BCUT2D eigenvalue weighted by atomic mass is 9.92. The van der Waals surface area contributed by atoms with Crippen molar-refractivity contribution in [1.29, 1.82) is 0 Å². The Bertz CT molecular complexity index is 998. The number of benzene rings is 2. The van der Waals surface area contributed by atoms with E-state index in [0.29, 0.717) is 18.1 Å². The van der Waals surface area contributed by atoms with Gasteiger partial charge in [0.1, 0.15) is 0 Å². The van der Waals surface area contributed by atoms with E-state index in [2.05, 4.69) is 16.5 Å². The van der Waals surface area contributed by atoms with E-state index in [4.69, 9.17) is 11.6 Å². The van der Waals surface area contributed by atoms with Gasteiger partial charge < -0.3 is 10.4 Å². The predicted molar refractivity (Wildman–Crippen MR) is 113 cm³/mol. The highest BCUT2D eigenvalue weighted by molar-refractivity contribution is 6.30. The third kappa shape index (κ3) is 5.57. The van der Waals surface area contributed by atoms with Crippen molar-refractivity contribution in [3.63, 3.8) is 0 Å². The summed E-state index contributed by atoms with van der Waals surface area (Å²) in [7, 11) is 0. The fraction of sp³-hybridized carbons (Fsp3) is 0.318. The molecule has 0 saturated heterocycles. The number of fused-ring (bicyclic) bond motifs is 1. The van der Waals surface area contributed by atoms with Gasteiger partial charge >= 0.3 is 5.97 Å². The summed E-state index contributed by atoms with van der Waals surface area (Å²) in [4.78, 5) is 23.5. The number of para-hydroxylation sites is 1. The van der Waals surface area contributed by atoms with Crippen molar-refractivity contribution < 1.29 is 14.7 Å². The Morgan fingerprint density at radius 2 is 1.86 bits per heavy atom. The lowest BCUT2D eigenvalue weighted by Gasteiger charge is -2.15.